The van der Waals surface area contributed by atoms with E-state index in [-0.39, 0.29) is 5.92 Å². The number of rotatable bonds is 4. The topological polar surface area (TPSA) is 86.8 Å². The Kier molecular flexibility index (Phi) is 5.59. The van der Waals surface area contributed by atoms with Crippen molar-refractivity contribution in [2.45, 2.75) is 64.7 Å². The molecule has 1 saturated heterocycles. The summed E-state index contributed by atoms with van der Waals surface area (Å²) in [6.45, 7) is 5.57. The molecule has 0 spiro atoms. The van der Waals surface area contributed by atoms with Gasteiger partial charge >= 0.3 is 0 Å². The molecule has 1 aliphatic heterocycles. The number of aromatic amines is 1. The van der Waals surface area contributed by atoms with E-state index in [1.807, 2.05) is 26.0 Å². The normalized spacial score (nSPS) is 19.0. The Bertz CT molecular complexity index is 818. The summed E-state index contributed by atoms with van der Waals surface area (Å²) in [7, 11) is 0. The number of carbonyl (C=O) groups excluding carboxylic acids is 1. The predicted octanol–water partition coefficient (Wildman–Crippen LogP) is 3.85. The zero-order chi connectivity index (χ0) is 19.5. The van der Waals surface area contributed by atoms with Crippen molar-refractivity contribution in [1.29, 1.82) is 0 Å². The standard InChI is InChI=1S/C21H30N6O/c1-14-12-20(26-25-14)24-19-13-18(22-15(2)23-19)16-8-10-27(11-9-16)21(28)17-6-4-3-5-7-17/h12-13,16-17H,3-11H2,1-2H3,(H2,22,23,24,25,26). The molecule has 3 heterocycles. The van der Waals surface area contributed by atoms with Gasteiger partial charge in [0.15, 0.2) is 5.82 Å². The largest absolute Gasteiger partial charge is 0.342 e. The monoisotopic (exact) mass is 382 g/mol. The molecule has 1 saturated carbocycles. The Morgan fingerprint density at radius 1 is 1.04 bits per heavy atom. The molecule has 0 atom stereocenters. The van der Waals surface area contributed by atoms with E-state index in [0.717, 1.165) is 67.6 Å². The maximum Gasteiger partial charge on any atom is 0.225 e. The van der Waals surface area contributed by atoms with Crippen LogP contribution in [0.15, 0.2) is 12.1 Å². The van der Waals surface area contributed by atoms with E-state index in [4.69, 9.17) is 0 Å². The Labute approximate surface area is 166 Å². The van der Waals surface area contributed by atoms with Crippen LogP contribution in [0, 0.1) is 19.8 Å². The van der Waals surface area contributed by atoms with E-state index in [1.54, 1.807) is 0 Å². The molecule has 150 valence electrons. The lowest BCUT2D eigenvalue weighted by molar-refractivity contribution is -0.137. The first kappa shape index (κ1) is 18.9. The lowest BCUT2D eigenvalue weighted by Crippen LogP contribution is -2.42. The van der Waals surface area contributed by atoms with Crippen LogP contribution in [0.5, 0.6) is 0 Å². The molecule has 0 bridgehead atoms. The van der Waals surface area contributed by atoms with Crippen molar-refractivity contribution in [1.82, 2.24) is 25.1 Å². The van der Waals surface area contributed by atoms with Crippen molar-refractivity contribution in [2.75, 3.05) is 18.4 Å². The van der Waals surface area contributed by atoms with Gasteiger partial charge in [-0.2, -0.15) is 5.10 Å². The van der Waals surface area contributed by atoms with Crippen LogP contribution in [-0.4, -0.2) is 44.1 Å². The van der Waals surface area contributed by atoms with Crippen LogP contribution in [0.25, 0.3) is 0 Å². The maximum absolute atomic E-state index is 12.8. The summed E-state index contributed by atoms with van der Waals surface area (Å²) in [5, 5.41) is 10.4. The fraction of sp³-hybridized carbons (Fsp3) is 0.619. The molecule has 2 N–H and O–H groups in total. The van der Waals surface area contributed by atoms with E-state index in [0.29, 0.717) is 11.8 Å². The number of aromatic nitrogens is 4. The van der Waals surface area contributed by atoms with Gasteiger partial charge in [0.25, 0.3) is 0 Å². The SMILES string of the molecule is Cc1nc(Nc2cc(C)[nH]n2)cc(C2CCN(C(=O)C3CCCCC3)CC2)n1. The van der Waals surface area contributed by atoms with Gasteiger partial charge in [-0.1, -0.05) is 19.3 Å². The number of anilines is 2. The van der Waals surface area contributed by atoms with Crippen molar-refractivity contribution < 1.29 is 4.79 Å². The summed E-state index contributed by atoms with van der Waals surface area (Å²) in [6.07, 6.45) is 7.78. The predicted molar refractivity (Wildman–Crippen MR) is 109 cm³/mol. The van der Waals surface area contributed by atoms with E-state index in [2.05, 4.69) is 30.4 Å². The van der Waals surface area contributed by atoms with Crippen molar-refractivity contribution in [2.24, 2.45) is 5.92 Å². The second-order valence-electron chi connectivity index (χ2n) is 8.22. The molecule has 1 amide bonds. The average Bonchev–Trinajstić information content (AvgIpc) is 3.12. The third-order valence-corrected chi connectivity index (χ3v) is 6.00. The fourth-order valence-corrected chi connectivity index (χ4v) is 4.48. The number of likely N-dealkylation sites (tertiary alicyclic amines) is 1. The molecule has 2 aromatic heterocycles. The molecule has 7 nitrogen and oxygen atoms in total. The van der Waals surface area contributed by atoms with Crippen molar-refractivity contribution in [3.63, 3.8) is 0 Å². The van der Waals surface area contributed by atoms with Crippen LogP contribution < -0.4 is 5.32 Å². The molecule has 2 aliphatic rings. The Balaban J connectivity index is 1.39. The van der Waals surface area contributed by atoms with Crippen LogP contribution in [0.2, 0.25) is 0 Å². The molecule has 0 unspecified atom stereocenters. The second kappa shape index (κ2) is 8.29. The number of hydrogen-bond donors (Lipinski definition) is 2. The van der Waals surface area contributed by atoms with Crippen molar-refractivity contribution >= 4 is 17.5 Å². The molecule has 4 rings (SSSR count). The van der Waals surface area contributed by atoms with Gasteiger partial charge in [0.1, 0.15) is 11.6 Å². The zero-order valence-electron chi connectivity index (χ0n) is 16.9. The van der Waals surface area contributed by atoms with Gasteiger partial charge in [-0.25, -0.2) is 9.97 Å². The number of amides is 1. The van der Waals surface area contributed by atoms with Gasteiger partial charge in [-0.15, -0.1) is 0 Å². The lowest BCUT2D eigenvalue weighted by atomic mass is 9.86. The second-order valence-corrected chi connectivity index (χ2v) is 8.22. The first-order chi connectivity index (χ1) is 13.6. The molecule has 1 aliphatic carbocycles. The zero-order valence-corrected chi connectivity index (χ0v) is 16.9. The Hall–Kier alpha value is -2.44. The minimum absolute atomic E-state index is 0.264. The molecule has 7 heteroatoms. The Morgan fingerprint density at radius 2 is 1.79 bits per heavy atom. The Morgan fingerprint density at radius 3 is 2.46 bits per heavy atom. The molecule has 28 heavy (non-hydrogen) atoms. The number of nitrogens with zero attached hydrogens (tertiary/aromatic N) is 4. The van der Waals surface area contributed by atoms with Crippen LogP contribution in [0.3, 0.4) is 0 Å². The van der Waals surface area contributed by atoms with Gasteiger partial charge in [0, 0.05) is 48.4 Å². The summed E-state index contributed by atoms with van der Waals surface area (Å²) in [5.74, 6) is 3.31. The van der Waals surface area contributed by atoms with E-state index < -0.39 is 0 Å². The van der Waals surface area contributed by atoms with Crippen LogP contribution >= 0.6 is 0 Å². The number of carbonyl (C=O) groups is 1. The number of hydrogen-bond acceptors (Lipinski definition) is 5. The minimum Gasteiger partial charge on any atom is -0.342 e. The van der Waals surface area contributed by atoms with Gasteiger partial charge in [-0.05, 0) is 39.5 Å². The van der Waals surface area contributed by atoms with Gasteiger partial charge in [-0.3, -0.25) is 9.89 Å². The van der Waals surface area contributed by atoms with Crippen LogP contribution in [0.1, 0.15) is 68.1 Å². The molecule has 2 fully saturated rings. The summed E-state index contributed by atoms with van der Waals surface area (Å²) >= 11 is 0. The maximum atomic E-state index is 12.8. The lowest BCUT2D eigenvalue weighted by Gasteiger charge is -2.35. The summed E-state index contributed by atoms with van der Waals surface area (Å²) < 4.78 is 0. The fourth-order valence-electron chi connectivity index (χ4n) is 4.48. The third kappa shape index (κ3) is 4.34. The van der Waals surface area contributed by atoms with Crippen molar-refractivity contribution in [3.05, 3.63) is 29.3 Å². The van der Waals surface area contributed by atoms with Crippen LogP contribution in [-0.2, 0) is 4.79 Å². The smallest absolute Gasteiger partial charge is 0.225 e. The highest BCUT2D eigenvalue weighted by Gasteiger charge is 2.30. The number of H-pyrrole nitrogens is 1. The first-order valence-corrected chi connectivity index (χ1v) is 10.5. The summed E-state index contributed by atoms with van der Waals surface area (Å²) in [4.78, 5) is 24.1. The third-order valence-electron chi connectivity index (χ3n) is 6.00. The van der Waals surface area contributed by atoms with E-state index in [1.165, 1.54) is 19.3 Å². The van der Waals surface area contributed by atoms with Gasteiger partial charge in [0.05, 0.1) is 0 Å². The molecule has 0 aromatic carbocycles. The quantitative estimate of drug-likeness (QED) is 0.839. The number of piperidine rings is 1. The highest BCUT2D eigenvalue weighted by Crippen LogP contribution is 2.31. The highest BCUT2D eigenvalue weighted by molar-refractivity contribution is 5.79. The first-order valence-electron chi connectivity index (χ1n) is 10.5. The summed E-state index contributed by atoms with van der Waals surface area (Å²) in [5.41, 5.74) is 2.07. The summed E-state index contributed by atoms with van der Waals surface area (Å²) in [6, 6.07) is 3.98. The minimum atomic E-state index is 0.264. The number of nitrogens with one attached hydrogen (secondary N) is 2. The van der Waals surface area contributed by atoms with Gasteiger partial charge < -0.3 is 10.2 Å². The molecular formula is C21H30N6O. The molecule has 0 radical (unpaired) electrons. The molecule has 2 aromatic rings. The molecular weight excluding hydrogens is 352 g/mol. The van der Waals surface area contributed by atoms with Gasteiger partial charge in [0.2, 0.25) is 5.91 Å². The average molecular weight is 383 g/mol. The highest BCUT2D eigenvalue weighted by atomic mass is 16.2. The van der Waals surface area contributed by atoms with Crippen LogP contribution in [0.4, 0.5) is 11.6 Å². The van der Waals surface area contributed by atoms with E-state index >= 15 is 0 Å². The number of aryl methyl sites for hydroxylation is 2. The van der Waals surface area contributed by atoms with E-state index in [9.17, 15) is 4.79 Å². The van der Waals surface area contributed by atoms with Crippen molar-refractivity contribution in [3.8, 4) is 0 Å².